The van der Waals surface area contributed by atoms with Crippen molar-refractivity contribution in [2.24, 2.45) is 0 Å². The number of furan rings is 1. The zero-order valence-electron chi connectivity index (χ0n) is 16.6. The minimum absolute atomic E-state index is 0.115. The smallest absolute Gasteiger partial charge is 0.375 e. The van der Waals surface area contributed by atoms with E-state index in [0.29, 0.717) is 17.7 Å². The largest absolute Gasteiger partial charge is 0.450 e. The zero-order chi connectivity index (χ0) is 21.3. The second kappa shape index (κ2) is 8.32. The van der Waals surface area contributed by atoms with Crippen molar-refractivity contribution >= 4 is 55.2 Å². The summed E-state index contributed by atoms with van der Waals surface area (Å²) in [5.41, 5.74) is 2.08. The maximum Gasteiger partial charge on any atom is 0.375 e. The lowest BCUT2D eigenvalue weighted by Crippen LogP contribution is -2.34. The van der Waals surface area contributed by atoms with Crippen molar-refractivity contribution in [3.05, 3.63) is 76.5 Å². The van der Waals surface area contributed by atoms with Crippen molar-refractivity contribution in [2.45, 2.75) is 13.8 Å². The quantitative estimate of drug-likeness (QED) is 0.346. The summed E-state index contributed by atoms with van der Waals surface area (Å²) in [6.07, 6.45) is 0. The molecule has 0 aliphatic carbocycles. The molecule has 30 heavy (non-hydrogen) atoms. The number of likely N-dealkylation sites (N-methyl/N-ethyl adjacent to an activating group) is 1. The summed E-state index contributed by atoms with van der Waals surface area (Å²) in [4.78, 5) is 27.1. The number of carbonyl (C=O) groups is 2. The van der Waals surface area contributed by atoms with E-state index in [1.165, 1.54) is 0 Å². The fraction of sp³-hybridized carbons (Fsp3) is 0.167. The standard InChI is InChI=1S/C24H20BrNO4/c1-3-26(20-10-6-8-16-7-4-5-9-18(16)20)22(27)14-29-24(28)23-15(2)19-13-17(25)11-12-21(19)30-23/h4-13H,3,14H2,1-2H3. The Morgan fingerprint density at radius 1 is 1.03 bits per heavy atom. The number of anilines is 1. The van der Waals surface area contributed by atoms with E-state index in [-0.39, 0.29) is 18.3 Å². The first-order valence-electron chi connectivity index (χ1n) is 9.63. The van der Waals surface area contributed by atoms with Gasteiger partial charge >= 0.3 is 5.97 Å². The van der Waals surface area contributed by atoms with E-state index < -0.39 is 5.97 Å². The van der Waals surface area contributed by atoms with Crippen LogP contribution in [0.1, 0.15) is 23.0 Å². The highest BCUT2D eigenvalue weighted by Gasteiger charge is 2.22. The highest BCUT2D eigenvalue weighted by molar-refractivity contribution is 9.10. The monoisotopic (exact) mass is 465 g/mol. The SMILES string of the molecule is CCN(C(=O)COC(=O)c1oc2ccc(Br)cc2c1C)c1cccc2ccccc12. The Hall–Kier alpha value is -3.12. The molecule has 6 heteroatoms. The minimum atomic E-state index is -0.651. The van der Waals surface area contributed by atoms with Crippen LogP contribution in [0.3, 0.4) is 0 Å². The molecular formula is C24H20BrNO4. The van der Waals surface area contributed by atoms with Crippen LogP contribution in [0.2, 0.25) is 0 Å². The van der Waals surface area contributed by atoms with Crippen molar-refractivity contribution in [1.82, 2.24) is 0 Å². The van der Waals surface area contributed by atoms with Crippen molar-refractivity contribution in [3.63, 3.8) is 0 Å². The van der Waals surface area contributed by atoms with Gasteiger partial charge in [0.2, 0.25) is 5.76 Å². The molecule has 0 aliphatic heterocycles. The number of benzene rings is 3. The Kier molecular flexibility index (Phi) is 5.59. The summed E-state index contributed by atoms with van der Waals surface area (Å²) in [5.74, 6) is -0.829. The van der Waals surface area contributed by atoms with Crippen LogP contribution in [0.5, 0.6) is 0 Å². The van der Waals surface area contributed by atoms with Gasteiger partial charge in [0.15, 0.2) is 6.61 Å². The normalized spacial score (nSPS) is 11.0. The Bertz CT molecular complexity index is 1260. The van der Waals surface area contributed by atoms with E-state index in [2.05, 4.69) is 15.9 Å². The van der Waals surface area contributed by atoms with Gasteiger partial charge in [0.1, 0.15) is 5.58 Å². The molecule has 0 atom stereocenters. The maximum atomic E-state index is 12.9. The molecule has 0 bridgehead atoms. The first kappa shape index (κ1) is 20.2. The lowest BCUT2D eigenvalue weighted by atomic mass is 10.1. The molecule has 3 aromatic carbocycles. The van der Waals surface area contributed by atoms with Gasteiger partial charge in [-0.2, -0.15) is 0 Å². The Balaban J connectivity index is 1.53. The van der Waals surface area contributed by atoms with E-state index in [1.54, 1.807) is 17.9 Å². The van der Waals surface area contributed by atoms with E-state index in [0.717, 1.165) is 26.3 Å². The number of fused-ring (bicyclic) bond motifs is 2. The van der Waals surface area contributed by atoms with Crippen molar-refractivity contribution in [1.29, 1.82) is 0 Å². The molecule has 152 valence electrons. The molecule has 0 aliphatic rings. The van der Waals surface area contributed by atoms with Gasteiger partial charge in [-0.25, -0.2) is 4.79 Å². The van der Waals surface area contributed by atoms with E-state index in [4.69, 9.17) is 9.15 Å². The number of ether oxygens (including phenoxy) is 1. The molecular weight excluding hydrogens is 446 g/mol. The van der Waals surface area contributed by atoms with Crippen LogP contribution < -0.4 is 4.90 Å². The van der Waals surface area contributed by atoms with Gasteiger partial charge in [0.05, 0.1) is 5.69 Å². The predicted octanol–water partition coefficient (Wildman–Crippen LogP) is 5.87. The van der Waals surface area contributed by atoms with Crippen LogP contribution in [0.15, 0.2) is 69.6 Å². The summed E-state index contributed by atoms with van der Waals surface area (Å²) < 4.78 is 11.9. The summed E-state index contributed by atoms with van der Waals surface area (Å²) in [6, 6.07) is 19.2. The van der Waals surface area contributed by atoms with Crippen molar-refractivity contribution in [3.8, 4) is 0 Å². The molecule has 0 fully saturated rings. The van der Waals surface area contributed by atoms with Crippen LogP contribution in [-0.4, -0.2) is 25.0 Å². The summed E-state index contributed by atoms with van der Waals surface area (Å²) in [6.45, 7) is 3.78. The first-order chi connectivity index (χ1) is 14.5. The average Bonchev–Trinajstić information content (AvgIpc) is 3.08. The van der Waals surface area contributed by atoms with Crippen LogP contribution >= 0.6 is 15.9 Å². The minimum Gasteiger partial charge on any atom is -0.450 e. The van der Waals surface area contributed by atoms with Gasteiger partial charge in [-0.15, -0.1) is 0 Å². The summed E-state index contributed by atoms with van der Waals surface area (Å²) in [5, 5.41) is 2.84. The van der Waals surface area contributed by atoms with Crippen LogP contribution in [-0.2, 0) is 9.53 Å². The van der Waals surface area contributed by atoms with Gasteiger partial charge in [-0.05, 0) is 43.5 Å². The third-order valence-electron chi connectivity index (χ3n) is 5.09. The van der Waals surface area contributed by atoms with Gasteiger partial charge in [0, 0.05) is 27.4 Å². The number of nitrogens with zero attached hydrogens (tertiary/aromatic N) is 1. The summed E-state index contributed by atoms with van der Waals surface area (Å²) >= 11 is 3.42. The molecule has 1 amide bonds. The summed E-state index contributed by atoms with van der Waals surface area (Å²) in [7, 11) is 0. The average molecular weight is 466 g/mol. The van der Waals surface area contributed by atoms with E-state index >= 15 is 0 Å². The highest BCUT2D eigenvalue weighted by Crippen LogP contribution is 2.29. The van der Waals surface area contributed by atoms with Gasteiger partial charge in [-0.3, -0.25) is 4.79 Å². The molecule has 0 unspecified atom stereocenters. The number of aryl methyl sites for hydroxylation is 1. The van der Waals surface area contributed by atoms with Gasteiger partial charge < -0.3 is 14.1 Å². The van der Waals surface area contributed by atoms with E-state index in [9.17, 15) is 9.59 Å². The van der Waals surface area contributed by atoms with Crippen LogP contribution in [0.25, 0.3) is 21.7 Å². The molecule has 0 saturated carbocycles. The van der Waals surface area contributed by atoms with Gasteiger partial charge in [0.25, 0.3) is 5.91 Å². The third kappa shape index (κ3) is 3.71. The molecule has 0 radical (unpaired) electrons. The Labute approximate surface area is 182 Å². The number of rotatable bonds is 5. The van der Waals surface area contributed by atoms with Crippen molar-refractivity contribution in [2.75, 3.05) is 18.1 Å². The number of esters is 1. The van der Waals surface area contributed by atoms with Gasteiger partial charge in [-0.1, -0.05) is 52.3 Å². The van der Waals surface area contributed by atoms with Crippen LogP contribution in [0, 0.1) is 6.92 Å². The number of halogens is 1. The molecule has 5 nitrogen and oxygen atoms in total. The second-order valence-corrected chi connectivity index (χ2v) is 7.82. The fourth-order valence-corrected chi connectivity index (χ4v) is 3.94. The van der Waals surface area contributed by atoms with E-state index in [1.807, 2.05) is 61.5 Å². The van der Waals surface area contributed by atoms with Crippen LogP contribution in [0.4, 0.5) is 5.69 Å². The molecule has 1 heterocycles. The Morgan fingerprint density at radius 2 is 1.80 bits per heavy atom. The molecule has 4 aromatic rings. The number of hydrogen-bond donors (Lipinski definition) is 0. The topological polar surface area (TPSA) is 59.8 Å². The second-order valence-electron chi connectivity index (χ2n) is 6.91. The van der Waals surface area contributed by atoms with Crippen molar-refractivity contribution < 1.29 is 18.7 Å². The zero-order valence-corrected chi connectivity index (χ0v) is 18.2. The lowest BCUT2D eigenvalue weighted by Gasteiger charge is -2.22. The highest BCUT2D eigenvalue weighted by atomic mass is 79.9. The molecule has 0 spiro atoms. The predicted molar refractivity (Wildman–Crippen MR) is 121 cm³/mol. The Morgan fingerprint density at radius 3 is 2.60 bits per heavy atom. The number of hydrogen-bond acceptors (Lipinski definition) is 4. The molecule has 4 rings (SSSR count). The fourth-order valence-electron chi connectivity index (χ4n) is 3.58. The molecule has 0 saturated heterocycles. The lowest BCUT2D eigenvalue weighted by molar-refractivity contribution is -0.121. The number of amides is 1. The third-order valence-corrected chi connectivity index (χ3v) is 5.58. The first-order valence-corrected chi connectivity index (χ1v) is 10.4. The molecule has 1 aromatic heterocycles. The molecule has 0 N–H and O–H groups in total. The maximum absolute atomic E-state index is 12.9. The number of carbonyl (C=O) groups excluding carboxylic acids is 2.